The first-order valence-electron chi connectivity index (χ1n) is 11.1. The third kappa shape index (κ3) is 4.56. The molecule has 0 bridgehead atoms. The molecular formula is C25H27N7O. The van der Waals surface area contributed by atoms with Gasteiger partial charge in [0.1, 0.15) is 11.6 Å². The highest BCUT2D eigenvalue weighted by atomic mass is 16.1. The monoisotopic (exact) mass is 441 g/mol. The second kappa shape index (κ2) is 8.63. The average molecular weight is 442 g/mol. The molecule has 4 aromatic rings. The molecule has 1 amide bonds. The van der Waals surface area contributed by atoms with Crippen molar-refractivity contribution in [2.45, 2.75) is 6.92 Å². The van der Waals surface area contributed by atoms with Gasteiger partial charge in [-0.15, -0.1) is 0 Å². The van der Waals surface area contributed by atoms with Gasteiger partial charge in [0.05, 0.1) is 6.20 Å². The number of rotatable bonds is 4. The number of hydrogen-bond acceptors (Lipinski definition) is 6. The van der Waals surface area contributed by atoms with Crippen molar-refractivity contribution < 1.29 is 4.79 Å². The molecule has 0 radical (unpaired) electrons. The van der Waals surface area contributed by atoms with Gasteiger partial charge < -0.3 is 15.1 Å². The van der Waals surface area contributed by atoms with Crippen molar-refractivity contribution in [2.75, 3.05) is 43.4 Å². The van der Waals surface area contributed by atoms with Crippen LogP contribution in [0.5, 0.6) is 0 Å². The maximum absolute atomic E-state index is 13.1. The largest absolute Gasteiger partial charge is 0.354 e. The summed E-state index contributed by atoms with van der Waals surface area (Å²) < 4.78 is 1.78. The van der Waals surface area contributed by atoms with Crippen LogP contribution in [0.4, 0.5) is 11.6 Å². The normalized spacial score (nSPS) is 14.6. The Morgan fingerprint density at radius 1 is 0.939 bits per heavy atom. The fraction of sp³-hybridized carbons (Fsp3) is 0.280. The van der Waals surface area contributed by atoms with Crippen LogP contribution < -0.4 is 10.2 Å². The standard InChI is InChI=1S/C25H27N7O/c1-17-10-21(13-24(28-17)32-8-6-30(2)7-9-32)25(33)29-23-12-20-11-18(4-5-19(20)14-26-23)22-15-27-31(3)16-22/h4-5,10-16H,6-9H2,1-3H3,(H,26,29,33). The van der Waals surface area contributed by atoms with Gasteiger partial charge >= 0.3 is 0 Å². The molecule has 0 unspecified atom stereocenters. The second-order valence-electron chi connectivity index (χ2n) is 8.63. The van der Waals surface area contributed by atoms with Gasteiger partial charge in [-0.3, -0.25) is 9.48 Å². The van der Waals surface area contributed by atoms with Gasteiger partial charge in [0.25, 0.3) is 5.91 Å². The molecule has 1 saturated heterocycles. The number of fused-ring (bicyclic) bond motifs is 1. The van der Waals surface area contributed by atoms with E-state index in [1.165, 1.54) is 0 Å². The van der Waals surface area contributed by atoms with Crippen LogP contribution >= 0.6 is 0 Å². The average Bonchev–Trinajstić information content (AvgIpc) is 3.25. The summed E-state index contributed by atoms with van der Waals surface area (Å²) in [7, 11) is 4.02. The number of carbonyl (C=O) groups is 1. The summed E-state index contributed by atoms with van der Waals surface area (Å²) in [4.78, 5) is 26.7. The molecule has 1 aromatic carbocycles. The molecule has 0 aliphatic carbocycles. The Morgan fingerprint density at radius 3 is 2.52 bits per heavy atom. The van der Waals surface area contributed by atoms with Gasteiger partial charge in [-0.05, 0) is 49.2 Å². The fourth-order valence-electron chi connectivity index (χ4n) is 4.13. The van der Waals surface area contributed by atoms with Gasteiger partial charge in [-0.2, -0.15) is 5.10 Å². The van der Waals surface area contributed by atoms with Crippen LogP contribution in [0, 0.1) is 6.92 Å². The molecule has 1 aliphatic heterocycles. The van der Waals surface area contributed by atoms with E-state index in [9.17, 15) is 4.79 Å². The Hall–Kier alpha value is -3.78. The molecule has 1 fully saturated rings. The maximum atomic E-state index is 13.1. The van der Waals surface area contributed by atoms with Crippen molar-refractivity contribution >= 4 is 28.3 Å². The zero-order valence-corrected chi connectivity index (χ0v) is 19.1. The first-order chi connectivity index (χ1) is 15.9. The summed E-state index contributed by atoms with van der Waals surface area (Å²) in [6.07, 6.45) is 5.61. The second-order valence-corrected chi connectivity index (χ2v) is 8.63. The van der Waals surface area contributed by atoms with Gasteiger partial charge in [0, 0.05) is 67.8 Å². The quantitative estimate of drug-likeness (QED) is 0.523. The van der Waals surface area contributed by atoms with Crippen LogP contribution in [0.3, 0.4) is 0 Å². The lowest BCUT2D eigenvalue weighted by Gasteiger charge is -2.33. The molecule has 0 spiro atoms. The van der Waals surface area contributed by atoms with E-state index in [4.69, 9.17) is 0 Å². The highest BCUT2D eigenvalue weighted by molar-refractivity contribution is 6.05. The number of aryl methyl sites for hydroxylation is 2. The number of anilines is 2. The number of carbonyl (C=O) groups excluding carboxylic acids is 1. The lowest BCUT2D eigenvalue weighted by Crippen LogP contribution is -2.44. The molecule has 0 saturated carbocycles. The third-order valence-electron chi connectivity index (χ3n) is 6.03. The van der Waals surface area contributed by atoms with Gasteiger partial charge in [-0.1, -0.05) is 12.1 Å². The number of pyridine rings is 2. The van der Waals surface area contributed by atoms with Crippen molar-refractivity contribution in [1.29, 1.82) is 0 Å². The summed E-state index contributed by atoms with van der Waals surface area (Å²) in [6.45, 7) is 5.70. The van der Waals surface area contributed by atoms with Crippen molar-refractivity contribution in [1.82, 2.24) is 24.6 Å². The molecule has 5 rings (SSSR count). The molecular weight excluding hydrogens is 414 g/mol. The van der Waals surface area contributed by atoms with Crippen LogP contribution in [0.25, 0.3) is 21.9 Å². The van der Waals surface area contributed by atoms with Crippen LogP contribution in [-0.2, 0) is 7.05 Å². The van der Waals surface area contributed by atoms with E-state index >= 15 is 0 Å². The van der Waals surface area contributed by atoms with Crippen LogP contribution in [0.2, 0.25) is 0 Å². The zero-order valence-electron chi connectivity index (χ0n) is 19.1. The van der Waals surface area contributed by atoms with Gasteiger partial charge in [-0.25, -0.2) is 9.97 Å². The van der Waals surface area contributed by atoms with Gasteiger partial charge in [0.2, 0.25) is 0 Å². The number of nitrogens with one attached hydrogen (secondary N) is 1. The fourth-order valence-corrected chi connectivity index (χ4v) is 4.13. The van der Waals surface area contributed by atoms with E-state index in [1.54, 1.807) is 10.9 Å². The topological polar surface area (TPSA) is 79.2 Å². The number of hydrogen-bond donors (Lipinski definition) is 1. The molecule has 168 valence electrons. The first-order valence-corrected chi connectivity index (χ1v) is 11.1. The molecule has 8 nitrogen and oxygen atoms in total. The van der Waals surface area contributed by atoms with E-state index in [0.29, 0.717) is 11.4 Å². The lowest BCUT2D eigenvalue weighted by atomic mass is 10.1. The van der Waals surface area contributed by atoms with Crippen LogP contribution in [0.15, 0.2) is 55.0 Å². The summed E-state index contributed by atoms with van der Waals surface area (Å²) >= 11 is 0. The molecule has 33 heavy (non-hydrogen) atoms. The zero-order chi connectivity index (χ0) is 22.9. The predicted molar refractivity (Wildman–Crippen MR) is 131 cm³/mol. The van der Waals surface area contributed by atoms with Crippen molar-refractivity contribution in [3.8, 4) is 11.1 Å². The highest BCUT2D eigenvalue weighted by Crippen LogP contribution is 2.25. The van der Waals surface area contributed by atoms with Crippen molar-refractivity contribution in [3.63, 3.8) is 0 Å². The lowest BCUT2D eigenvalue weighted by molar-refractivity contribution is 0.102. The first kappa shape index (κ1) is 21.1. The molecule has 3 aromatic heterocycles. The van der Waals surface area contributed by atoms with E-state index in [1.807, 2.05) is 50.6 Å². The Labute approximate surface area is 192 Å². The highest BCUT2D eigenvalue weighted by Gasteiger charge is 2.18. The number of amides is 1. The summed E-state index contributed by atoms with van der Waals surface area (Å²) in [5.74, 6) is 1.18. The minimum absolute atomic E-state index is 0.189. The molecule has 4 heterocycles. The summed E-state index contributed by atoms with van der Waals surface area (Å²) in [5, 5.41) is 9.23. The van der Waals surface area contributed by atoms with E-state index in [0.717, 1.165) is 59.6 Å². The molecule has 1 aliphatic rings. The smallest absolute Gasteiger partial charge is 0.257 e. The summed E-state index contributed by atoms with van der Waals surface area (Å²) in [5.41, 5.74) is 3.53. The SMILES string of the molecule is Cc1cc(C(=O)Nc2cc3cc(-c4cnn(C)c4)ccc3cn2)cc(N2CCN(C)CC2)n1. The van der Waals surface area contributed by atoms with E-state index in [2.05, 4.69) is 49.4 Å². The molecule has 1 N–H and O–H groups in total. The number of piperazine rings is 1. The number of benzene rings is 1. The maximum Gasteiger partial charge on any atom is 0.257 e. The van der Waals surface area contributed by atoms with E-state index < -0.39 is 0 Å². The Morgan fingerprint density at radius 2 is 1.76 bits per heavy atom. The number of aromatic nitrogens is 4. The number of nitrogens with zero attached hydrogens (tertiary/aromatic N) is 6. The third-order valence-corrected chi connectivity index (χ3v) is 6.03. The van der Waals surface area contributed by atoms with Crippen LogP contribution in [0.1, 0.15) is 16.1 Å². The van der Waals surface area contributed by atoms with Crippen molar-refractivity contribution in [2.24, 2.45) is 7.05 Å². The Balaban J connectivity index is 1.38. The minimum atomic E-state index is -0.189. The van der Waals surface area contributed by atoms with Crippen LogP contribution in [-0.4, -0.2) is 63.8 Å². The predicted octanol–water partition coefficient (Wildman–Crippen LogP) is 3.34. The molecule has 8 heteroatoms. The van der Waals surface area contributed by atoms with Crippen molar-refractivity contribution in [3.05, 3.63) is 66.2 Å². The Bertz CT molecular complexity index is 1320. The van der Waals surface area contributed by atoms with E-state index in [-0.39, 0.29) is 5.91 Å². The van der Waals surface area contributed by atoms with Gasteiger partial charge in [0.15, 0.2) is 0 Å². The number of likely N-dealkylation sites (N-methyl/N-ethyl adjacent to an activating group) is 1. The Kier molecular flexibility index (Phi) is 5.51. The summed E-state index contributed by atoms with van der Waals surface area (Å²) in [6, 6.07) is 11.8. The molecule has 0 atom stereocenters. The minimum Gasteiger partial charge on any atom is -0.354 e.